The molecule has 8 heteroatoms. The fraction of sp³-hybridized carbons (Fsp3) is 0.158. The second-order valence-corrected chi connectivity index (χ2v) is 5.55. The van der Waals surface area contributed by atoms with E-state index in [1.807, 2.05) is 0 Å². The highest BCUT2D eigenvalue weighted by molar-refractivity contribution is 6.04. The fourth-order valence-electron chi connectivity index (χ4n) is 2.59. The number of ether oxygens (including phenoxy) is 3. The third-order valence-electron chi connectivity index (χ3n) is 3.88. The standard InChI is InChI=1S/C19H18FN3O4/c1-25-15-8-12(9-16(26-2)18(15)27-3)19(24)21-17-10-14(22-23-17)11-5-4-6-13(20)7-11/h4-10H,1-3H3,(H2,21,22,23,24). The average Bonchev–Trinajstić information content (AvgIpc) is 3.15. The molecule has 0 unspecified atom stereocenters. The summed E-state index contributed by atoms with van der Waals surface area (Å²) in [7, 11) is 4.42. The second-order valence-electron chi connectivity index (χ2n) is 5.55. The molecule has 7 nitrogen and oxygen atoms in total. The first kappa shape index (κ1) is 18.2. The maximum atomic E-state index is 13.4. The number of anilines is 1. The van der Waals surface area contributed by atoms with Crippen LogP contribution in [0.25, 0.3) is 11.3 Å². The summed E-state index contributed by atoms with van der Waals surface area (Å²) in [5.41, 5.74) is 1.50. The number of benzene rings is 2. The number of carbonyl (C=O) groups excluding carboxylic acids is 1. The molecule has 0 aliphatic rings. The van der Waals surface area contributed by atoms with Gasteiger partial charge in [0.15, 0.2) is 17.3 Å². The number of nitrogens with one attached hydrogen (secondary N) is 2. The van der Waals surface area contributed by atoms with Gasteiger partial charge in [0, 0.05) is 17.2 Å². The topological polar surface area (TPSA) is 85.5 Å². The van der Waals surface area contributed by atoms with Crippen molar-refractivity contribution in [3.63, 3.8) is 0 Å². The Bertz CT molecular complexity index is 946. The van der Waals surface area contributed by atoms with E-state index < -0.39 is 5.91 Å². The number of halogens is 1. The zero-order valence-electron chi connectivity index (χ0n) is 15.0. The van der Waals surface area contributed by atoms with Gasteiger partial charge in [0.2, 0.25) is 5.75 Å². The van der Waals surface area contributed by atoms with Gasteiger partial charge in [0.25, 0.3) is 5.91 Å². The Morgan fingerprint density at radius 2 is 1.74 bits per heavy atom. The average molecular weight is 371 g/mol. The summed E-state index contributed by atoms with van der Waals surface area (Å²) < 4.78 is 29.1. The van der Waals surface area contributed by atoms with Crippen molar-refractivity contribution in [2.24, 2.45) is 0 Å². The van der Waals surface area contributed by atoms with Crippen LogP contribution >= 0.6 is 0 Å². The van der Waals surface area contributed by atoms with Crippen LogP contribution in [0.5, 0.6) is 17.2 Å². The highest BCUT2D eigenvalue weighted by atomic mass is 19.1. The zero-order chi connectivity index (χ0) is 19.4. The van der Waals surface area contributed by atoms with E-state index in [0.717, 1.165) is 0 Å². The normalized spacial score (nSPS) is 10.4. The molecular weight excluding hydrogens is 353 g/mol. The van der Waals surface area contributed by atoms with Gasteiger partial charge >= 0.3 is 0 Å². The van der Waals surface area contributed by atoms with E-state index in [2.05, 4.69) is 15.5 Å². The first-order valence-electron chi connectivity index (χ1n) is 7.98. The van der Waals surface area contributed by atoms with E-state index in [0.29, 0.717) is 39.9 Å². The van der Waals surface area contributed by atoms with E-state index in [1.54, 1.807) is 18.2 Å². The Balaban J connectivity index is 1.84. The van der Waals surface area contributed by atoms with Crippen LogP contribution in [0.3, 0.4) is 0 Å². The Hall–Kier alpha value is -3.55. The van der Waals surface area contributed by atoms with Gasteiger partial charge in [-0.05, 0) is 24.3 Å². The van der Waals surface area contributed by atoms with Gasteiger partial charge in [0.1, 0.15) is 5.82 Å². The largest absolute Gasteiger partial charge is 0.493 e. The number of hydrogen-bond donors (Lipinski definition) is 2. The minimum atomic E-state index is -0.411. The molecule has 0 radical (unpaired) electrons. The highest BCUT2D eigenvalue weighted by Gasteiger charge is 2.18. The lowest BCUT2D eigenvalue weighted by molar-refractivity contribution is 0.102. The van der Waals surface area contributed by atoms with Gasteiger partial charge in [-0.1, -0.05) is 12.1 Å². The quantitative estimate of drug-likeness (QED) is 0.693. The summed E-state index contributed by atoms with van der Waals surface area (Å²) in [6, 6.07) is 10.8. The molecule has 3 aromatic rings. The third kappa shape index (κ3) is 3.84. The maximum Gasteiger partial charge on any atom is 0.257 e. The van der Waals surface area contributed by atoms with Crippen LogP contribution in [0.2, 0.25) is 0 Å². The number of hydrogen-bond acceptors (Lipinski definition) is 5. The molecule has 0 aliphatic carbocycles. The maximum absolute atomic E-state index is 13.4. The van der Waals surface area contributed by atoms with Gasteiger partial charge in [-0.2, -0.15) is 5.10 Å². The van der Waals surface area contributed by atoms with Crippen molar-refractivity contribution >= 4 is 11.7 Å². The van der Waals surface area contributed by atoms with Crippen LogP contribution in [0.1, 0.15) is 10.4 Å². The molecule has 2 aromatic carbocycles. The number of aromatic nitrogens is 2. The number of amides is 1. The van der Waals surface area contributed by atoms with Gasteiger partial charge in [-0.3, -0.25) is 9.89 Å². The summed E-state index contributed by atoms with van der Waals surface area (Å²) >= 11 is 0. The van der Waals surface area contributed by atoms with Crippen LogP contribution in [0.15, 0.2) is 42.5 Å². The van der Waals surface area contributed by atoms with E-state index in [4.69, 9.17) is 14.2 Å². The molecule has 1 aromatic heterocycles. The summed E-state index contributed by atoms with van der Waals surface area (Å²) in [4.78, 5) is 12.6. The molecule has 0 spiro atoms. The minimum absolute atomic E-state index is 0.299. The monoisotopic (exact) mass is 371 g/mol. The molecule has 27 heavy (non-hydrogen) atoms. The van der Waals surface area contributed by atoms with Crippen molar-refractivity contribution in [3.8, 4) is 28.5 Å². The van der Waals surface area contributed by atoms with E-state index in [1.165, 1.54) is 45.6 Å². The number of methoxy groups -OCH3 is 3. The van der Waals surface area contributed by atoms with Crippen molar-refractivity contribution in [1.82, 2.24) is 10.2 Å². The molecule has 140 valence electrons. The van der Waals surface area contributed by atoms with Crippen LogP contribution in [-0.4, -0.2) is 37.4 Å². The Morgan fingerprint density at radius 3 is 2.33 bits per heavy atom. The van der Waals surface area contributed by atoms with Crippen LogP contribution in [0.4, 0.5) is 10.2 Å². The van der Waals surface area contributed by atoms with Crippen molar-refractivity contribution in [2.45, 2.75) is 0 Å². The Labute approximate surface area is 155 Å². The van der Waals surface area contributed by atoms with E-state index >= 15 is 0 Å². The van der Waals surface area contributed by atoms with Crippen LogP contribution < -0.4 is 19.5 Å². The second kappa shape index (κ2) is 7.77. The lowest BCUT2D eigenvalue weighted by Crippen LogP contribution is -2.13. The zero-order valence-corrected chi connectivity index (χ0v) is 15.0. The molecule has 3 rings (SSSR count). The van der Waals surface area contributed by atoms with E-state index in [-0.39, 0.29) is 5.82 Å². The Kier molecular flexibility index (Phi) is 5.25. The molecule has 2 N–H and O–H groups in total. The molecule has 0 saturated carbocycles. The number of carbonyl (C=O) groups is 1. The minimum Gasteiger partial charge on any atom is -0.493 e. The summed E-state index contributed by atoms with van der Waals surface area (Å²) in [6.07, 6.45) is 0. The van der Waals surface area contributed by atoms with Crippen molar-refractivity contribution in [3.05, 3.63) is 53.8 Å². The van der Waals surface area contributed by atoms with Crippen LogP contribution in [0, 0.1) is 5.82 Å². The molecule has 0 atom stereocenters. The summed E-state index contributed by atoms with van der Waals surface area (Å²) in [5, 5.41) is 9.48. The van der Waals surface area contributed by atoms with Crippen molar-refractivity contribution in [2.75, 3.05) is 26.6 Å². The Morgan fingerprint density at radius 1 is 1.04 bits per heavy atom. The number of nitrogens with zero attached hydrogens (tertiary/aromatic N) is 1. The molecule has 1 amide bonds. The molecule has 0 fully saturated rings. The molecular formula is C19H18FN3O4. The number of aromatic amines is 1. The highest BCUT2D eigenvalue weighted by Crippen LogP contribution is 2.38. The fourth-order valence-corrected chi connectivity index (χ4v) is 2.59. The van der Waals surface area contributed by atoms with Gasteiger partial charge in [-0.25, -0.2) is 4.39 Å². The van der Waals surface area contributed by atoms with Crippen molar-refractivity contribution in [1.29, 1.82) is 0 Å². The van der Waals surface area contributed by atoms with Crippen LogP contribution in [-0.2, 0) is 0 Å². The summed E-state index contributed by atoms with van der Waals surface area (Å²) in [5.74, 6) is 0.656. The number of rotatable bonds is 6. The summed E-state index contributed by atoms with van der Waals surface area (Å²) in [6.45, 7) is 0. The SMILES string of the molecule is COc1cc(C(=O)Nc2cc(-c3cccc(F)c3)[nH]n2)cc(OC)c1OC. The predicted molar refractivity (Wildman–Crippen MR) is 98.0 cm³/mol. The lowest BCUT2D eigenvalue weighted by Gasteiger charge is -2.13. The first-order valence-corrected chi connectivity index (χ1v) is 7.98. The third-order valence-corrected chi connectivity index (χ3v) is 3.88. The van der Waals surface area contributed by atoms with Gasteiger partial charge < -0.3 is 19.5 Å². The smallest absolute Gasteiger partial charge is 0.257 e. The first-order chi connectivity index (χ1) is 13.0. The van der Waals surface area contributed by atoms with Crippen molar-refractivity contribution < 1.29 is 23.4 Å². The number of H-pyrrole nitrogens is 1. The molecule has 0 bridgehead atoms. The molecule has 1 heterocycles. The van der Waals surface area contributed by atoms with Gasteiger partial charge in [0.05, 0.1) is 27.0 Å². The predicted octanol–water partition coefficient (Wildman–Crippen LogP) is 3.49. The van der Waals surface area contributed by atoms with Gasteiger partial charge in [-0.15, -0.1) is 0 Å². The molecule has 0 saturated heterocycles. The lowest BCUT2D eigenvalue weighted by atomic mass is 10.1. The van der Waals surface area contributed by atoms with E-state index in [9.17, 15) is 9.18 Å². The molecule has 0 aliphatic heterocycles.